The molecule has 1 saturated carbocycles. The lowest BCUT2D eigenvalue weighted by Crippen LogP contribution is -2.39. The van der Waals surface area contributed by atoms with E-state index in [9.17, 15) is 0 Å². The van der Waals surface area contributed by atoms with E-state index in [1.165, 1.54) is 25.7 Å². The van der Waals surface area contributed by atoms with Gasteiger partial charge in [-0.2, -0.15) is 0 Å². The highest BCUT2D eigenvalue weighted by molar-refractivity contribution is 5.78. The second-order valence-electron chi connectivity index (χ2n) is 6.00. The zero-order valence-corrected chi connectivity index (χ0v) is 11.9. The molecule has 1 rings (SSSR count). The number of guanidine groups is 1. The molecule has 1 fully saturated rings. The van der Waals surface area contributed by atoms with Crippen LogP contribution < -0.4 is 11.1 Å². The number of nitrogens with two attached hydrogens (primary N) is 1. The van der Waals surface area contributed by atoms with Crippen molar-refractivity contribution >= 4 is 5.96 Å². The monoisotopic (exact) mass is 239 g/mol. The molecule has 1 aliphatic rings. The fourth-order valence-electron chi connectivity index (χ4n) is 2.72. The van der Waals surface area contributed by atoms with Crippen LogP contribution >= 0.6 is 0 Å². The van der Waals surface area contributed by atoms with Gasteiger partial charge in [-0.05, 0) is 30.6 Å². The van der Waals surface area contributed by atoms with Crippen molar-refractivity contribution in [2.45, 2.75) is 59.4 Å². The minimum Gasteiger partial charge on any atom is -0.370 e. The molecule has 0 heterocycles. The third-order valence-corrected chi connectivity index (χ3v) is 3.89. The molecule has 0 unspecified atom stereocenters. The molecule has 0 spiro atoms. The van der Waals surface area contributed by atoms with E-state index in [0.717, 1.165) is 6.54 Å². The van der Waals surface area contributed by atoms with E-state index in [2.05, 4.69) is 38.0 Å². The van der Waals surface area contributed by atoms with Gasteiger partial charge in [0.1, 0.15) is 0 Å². The molecule has 3 heteroatoms. The number of nitrogens with one attached hydrogen (secondary N) is 1. The minimum atomic E-state index is 0.565. The summed E-state index contributed by atoms with van der Waals surface area (Å²) in [5, 5.41) is 3.34. The molecule has 100 valence electrons. The summed E-state index contributed by atoms with van der Waals surface area (Å²) in [6, 6.07) is 0.565. The molecule has 0 bridgehead atoms. The first-order chi connectivity index (χ1) is 8.00. The van der Waals surface area contributed by atoms with Crippen LogP contribution in [0.3, 0.4) is 0 Å². The Labute approximate surface area is 106 Å². The predicted octanol–water partition coefficient (Wildman–Crippen LogP) is 2.76. The van der Waals surface area contributed by atoms with Crippen LogP contribution in [-0.4, -0.2) is 18.5 Å². The molecule has 0 saturated heterocycles. The summed E-state index contributed by atoms with van der Waals surface area (Å²) in [6.45, 7) is 9.91. The molecular weight excluding hydrogens is 210 g/mol. The molecule has 1 aliphatic carbocycles. The fraction of sp³-hybridized carbons (Fsp3) is 0.929. The van der Waals surface area contributed by atoms with Gasteiger partial charge in [0, 0.05) is 12.6 Å². The summed E-state index contributed by atoms with van der Waals surface area (Å²) < 4.78 is 0. The molecule has 3 N–H and O–H groups in total. The van der Waals surface area contributed by atoms with Gasteiger partial charge in [0.05, 0.1) is 0 Å². The van der Waals surface area contributed by atoms with Crippen LogP contribution in [0, 0.1) is 17.8 Å². The van der Waals surface area contributed by atoms with Gasteiger partial charge < -0.3 is 11.1 Å². The average Bonchev–Trinajstić information content (AvgIpc) is 2.69. The van der Waals surface area contributed by atoms with Crippen LogP contribution in [0.4, 0.5) is 0 Å². The second kappa shape index (κ2) is 6.87. The number of rotatable bonds is 5. The van der Waals surface area contributed by atoms with Gasteiger partial charge >= 0.3 is 0 Å². The Kier molecular flexibility index (Phi) is 5.79. The van der Waals surface area contributed by atoms with Crippen LogP contribution in [0.5, 0.6) is 0 Å². The summed E-state index contributed by atoms with van der Waals surface area (Å²) in [5.41, 5.74) is 5.94. The van der Waals surface area contributed by atoms with Crippen LogP contribution in [0.25, 0.3) is 0 Å². The van der Waals surface area contributed by atoms with Crippen LogP contribution in [0.2, 0.25) is 0 Å². The molecule has 17 heavy (non-hydrogen) atoms. The van der Waals surface area contributed by atoms with Gasteiger partial charge in [-0.25, -0.2) is 0 Å². The van der Waals surface area contributed by atoms with Crippen molar-refractivity contribution in [1.82, 2.24) is 5.32 Å². The number of nitrogens with zero attached hydrogens (tertiary/aromatic N) is 1. The molecule has 0 aliphatic heterocycles. The predicted molar refractivity (Wildman–Crippen MR) is 75.0 cm³/mol. The van der Waals surface area contributed by atoms with Crippen LogP contribution in [0.15, 0.2) is 4.99 Å². The highest BCUT2D eigenvalue weighted by Crippen LogP contribution is 2.21. The topological polar surface area (TPSA) is 50.4 Å². The van der Waals surface area contributed by atoms with Gasteiger partial charge in [-0.15, -0.1) is 0 Å². The fourth-order valence-corrected chi connectivity index (χ4v) is 2.72. The Morgan fingerprint density at radius 2 is 1.71 bits per heavy atom. The lowest BCUT2D eigenvalue weighted by Gasteiger charge is -2.23. The SMILES string of the molecule is CC(C)C(CN=C(N)NC1CCCC1)C(C)C. The van der Waals surface area contributed by atoms with Crippen LogP contribution in [0.1, 0.15) is 53.4 Å². The number of aliphatic imine (C=N–C) groups is 1. The first kappa shape index (κ1) is 14.3. The summed E-state index contributed by atoms with van der Waals surface area (Å²) in [6.07, 6.45) is 5.14. The van der Waals surface area contributed by atoms with Crippen molar-refractivity contribution in [2.24, 2.45) is 28.5 Å². The smallest absolute Gasteiger partial charge is 0.188 e. The molecule has 0 radical (unpaired) electrons. The van der Waals surface area contributed by atoms with E-state index < -0.39 is 0 Å². The number of hydrogen-bond acceptors (Lipinski definition) is 1. The molecular formula is C14H29N3. The second-order valence-corrected chi connectivity index (χ2v) is 6.00. The summed E-state index contributed by atoms with van der Waals surface area (Å²) >= 11 is 0. The first-order valence-electron chi connectivity index (χ1n) is 7.07. The Bertz CT molecular complexity index is 232. The van der Waals surface area contributed by atoms with E-state index in [4.69, 9.17) is 5.73 Å². The van der Waals surface area contributed by atoms with Gasteiger partial charge in [0.2, 0.25) is 0 Å². The lowest BCUT2D eigenvalue weighted by atomic mass is 9.86. The van der Waals surface area contributed by atoms with E-state index in [-0.39, 0.29) is 0 Å². The Balaban J connectivity index is 2.39. The highest BCUT2D eigenvalue weighted by atomic mass is 15.1. The van der Waals surface area contributed by atoms with Crippen molar-refractivity contribution in [3.05, 3.63) is 0 Å². The van der Waals surface area contributed by atoms with E-state index in [1.54, 1.807) is 0 Å². The van der Waals surface area contributed by atoms with Gasteiger partial charge in [0.15, 0.2) is 5.96 Å². The summed E-state index contributed by atoms with van der Waals surface area (Å²) in [4.78, 5) is 4.51. The van der Waals surface area contributed by atoms with E-state index in [0.29, 0.717) is 29.8 Å². The quantitative estimate of drug-likeness (QED) is 0.572. The molecule has 0 amide bonds. The Morgan fingerprint density at radius 3 is 2.18 bits per heavy atom. The third kappa shape index (κ3) is 4.97. The maximum absolute atomic E-state index is 5.94. The molecule has 0 aromatic heterocycles. The normalized spacial score (nSPS) is 18.6. The third-order valence-electron chi connectivity index (χ3n) is 3.89. The summed E-state index contributed by atoms with van der Waals surface area (Å²) in [5.74, 6) is 2.60. The molecule has 0 aromatic rings. The highest BCUT2D eigenvalue weighted by Gasteiger charge is 2.18. The van der Waals surface area contributed by atoms with E-state index >= 15 is 0 Å². The van der Waals surface area contributed by atoms with Gasteiger partial charge in [-0.3, -0.25) is 4.99 Å². The number of hydrogen-bond donors (Lipinski definition) is 2. The zero-order valence-electron chi connectivity index (χ0n) is 11.9. The minimum absolute atomic E-state index is 0.565. The average molecular weight is 239 g/mol. The maximum atomic E-state index is 5.94. The van der Waals surface area contributed by atoms with Gasteiger partial charge in [-0.1, -0.05) is 40.5 Å². The Hall–Kier alpha value is -0.730. The molecule has 0 aromatic carbocycles. The largest absolute Gasteiger partial charge is 0.370 e. The van der Waals surface area contributed by atoms with Crippen molar-refractivity contribution in [2.75, 3.05) is 6.54 Å². The van der Waals surface area contributed by atoms with Crippen molar-refractivity contribution in [1.29, 1.82) is 0 Å². The Morgan fingerprint density at radius 1 is 1.18 bits per heavy atom. The standard InChI is InChI=1S/C14H29N3/c1-10(2)13(11(3)4)9-16-14(15)17-12-7-5-6-8-12/h10-13H,5-9H2,1-4H3,(H3,15,16,17). The zero-order chi connectivity index (χ0) is 12.8. The molecule has 0 atom stereocenters. The summed E-state index contributed by atoms with van der Waals surface area (Å²) in [7, 11) is 0. The van der Waals surface area contributed by atoms with Gasteiger partial charge in [0.25, 0.3) is 0 Å². The van der Waals surface area contributed by atoms with Crippen molar-refractivity contribution in [3.63, 3.8) is 0 Å². The van der Waals surface area contributed by atoms with Crippen molar-refractivity contribution < 1.29 is 0 Å². The lowest BCUT2D eigenvalue weighted by molar-refractivity contribution is 0.297. The maximum Gasteiger partial charge on any atom is 0.188 e. The molecule has 3 nitrogen and oxygen atoms in total. The first-order valence-corrected chi connectivity index (χ1v) is 7.07. The van der Waals surface area contributed by atoms with E-state index in [1.807, 2.05) is 0 Å². The van der Waals surface area contributed by atoms with Crippen molar-refractivity contribution in [3.8, 4) is 0 Å². The van der Waals surface area contributed by atoms with Crippen LogP contribution in [-0.2, 0) is 0 Å².